The lowest BCUT2D eigenvalue weighted by Gasteiger charge is -2.21. The van der Waals surface area contributed by atoms with Crippen LogP contribution in [0.4, 0.5) is 5.82 Å². The number of carbonyl (C=O) groups is 1. The first kappa shape index (κ1) is 23.7. The van der Waals surface area contributed by atoms with Gasteiger partial charge in [0, 0.05) is 33.2 Å². The lowest BCUT2D eigenvalue weighted by molar-refractivity contribution is 0.0950. The summed E-state index contributed by atoms with van der Waals surface area (Å²) in [6.07, 6.45) is 2.42. The van der Waals surface area contributed by atoms with Crippen LogP contribution in [-0.2, 0) is 0 Å². The van der Waals surface area contributed by atoms with Gasteiger partial charge in [-0.15, -0.1) is 11.3 Å². The molecule has 0 saturated carbocycles. The van der Waals surface area contributed by atoms with Crippen LogP contribution in [0.25, 0.3) is 26.1 Å². The summed E-state index contributed by atoms with van der Waals surface area (Å²) >= 11 is 1.46. The van der Waals surface area contributed by atoms with Crippen molar-refractivity contribution in [1.82, 2.24) is 24.5 Å². The van der Waals surface area contributed by atoms with E-state index < -0.39 is 0 Å². The molecule has 1 aliphatic heterocycles. The van der Waals surface area contributed by atoms with Crippen LogP contribution >= 0.6 is 11.3 Å². The molecule has 1 aliphatic rings. The van der Waals surface area contributed by atoms with Crippen molar-refractivity contribution in [1.29, 1.82) is 0 Å². The number of benzene rings is 1. The second-order valence-corrected chi connectivity index (χ2v) is 10.5. The molecule has 9 heteroatoms. The minimum absolute atomic E-state index is 0.204. The van der Waals surface area contributed by atoms with E-state index >= 15 is 0 Å². The van der Waals surface area contributed by atoms with Gasteiger partial charge in [-0.25, -0.2) is 4.98 Å². The predicted octanol–water partition coefficient (Wildman–Crippen LogP) is 2.89. The Bertz CT molecular complexity index is 1440. The Hall–Kier alpha value is -3.01. The fourth-order valence-corrected chi connectivity index (χ4v) is 5.86. The van der Waals surface area contributed by atoms with Crippen LogP contribution in [0, 0.1) is 0 Å². The van der Waals surface area contributed by atoms with Crippen molar-refractivity contribution in [2.24, 2.45) is 0 Å². The summed E-state index contributed by atoms with van der Waals surface area (Å²) < 4.78 is 2.99. The van der Waals surface area contributed by atoms with Gasteiger partial charge in [-0.2, -0.15) is 0 Å². The van der Waals surface area contributed by atoms with Crippen LogP contribution in [0.2, 0.25) is 0 Å². The van der Waals surface area contributed by atoms with E-state index in [-0.39, 0.29) is 16.9 Å². The number of para-hydroxylation sites is 1. The van der Waals surface area contributed by atoms with E-state index in [9.17, 15) is 9.59 Å². The zero-order chi connectivity index (χ0) is 24.5. The van der Waals surface area contributed by atoms with Crippen molar-refractivity contribution >= 4 is 49.1 Å². The largest absolute Gasteiger partial charge is 0.358 e. The molecule has 0 radical (unpaired) electrons. The molecule has 8 nitrogen and oxygen atoms in total. The highest BCUT2D eigenvalue weighted by Gasteiger charge is 2.23. The Kier molecular flexibility index (Phi) is 6.73. The zero-order valence-corrected chi connectivity index (χ0v) is 21.4. The van der Waals surface area contributed by atoms with Crippen molar-refractivity contribution in [3.8, 4) is 0 Å². The Balaban J connectivity index is 1.60. The minimum atomic E-state index is -0.313. The third-order valence-corrected chi connectivity index (χ3v) is 7.83. The van der Waals surface area contributed by atoms with E-state index in [1.54, 1.807) is 0 Å². The second-order valence-electron chi connectivity index (χ2n) is 9.48. The molecule has 0 unspecified atom stereocenters. The van der Waals surface area contributed by atoms with Crippen LogP contribution in [0.3, 0.4) is 0 Å². The Labute approximate surface area is 208 Å². The standard InChI is InChI=1S/C26H32N6O2S/c1-29(2)16-17-30(3)21-11-10-18-23(33)22(25(34)27-12-15-31-13-6-7-14-31)26-32(24(18)28-21)19-8-4-5-9-20(19)35-26/h4-5,8-11H,6-7,12-17H2,1-3H3,(H,27,34). The highest BCUT2D eigenvalue weighted by Crippen LogP contribution is 2.31. The first-order valence-electron chi connectivity index (χ1n) is 12.2. The number of nitrogens with zero attached hydrogens (tertiary/aromatic N) is 5. The molecule has 1 saturated heterocycles. The number of likely N-dealkylation sites (tertiary alicyclic amines) is 1. The number of hydrogen-bond acceptors (Lipinski definition) is 7. The van der Waals surface area contributed by atoms with Crippen molar-refractivity contribution < 1.29 is 4.79 Å². The van der Waals surface area contributed by atoms with Gasteiger partial charge in [-0.1, -0.05) is 12.1 Å². The van der Waals surface area contributed by atoms with Gasteiger partial charge < -0.3 is 20.0 Å². The molecule has 1 N–H and O–H groups in total. The van der Waals surface area contributed by atoms with Crippen molar-refractivity contribution in [2.75, 3.05) is 65.3 Å². The maximum absolute atomic E-state index is 13.6. The fourth-order valence-electron chi connectivity index (χ4n) is 4.68. The summed E-state index contributed by atoms with van der Waals surface area (Å²) in [7, 11) is 6.09. The van der Waals surface area contributed by atoms with Crippen molar-refractivity contribution in [3.63, 3.8) is 0 Å². The van der Waals surface area contributed by atoms with Gasteiger partial charge in [0.25, 0.3) is 5.91 Å². The number of rotatable bonds is 8. The summed E-state index contributed by atoms with van der Waals surface area (Å²) in [6, 6.07) is 11.7. The molecule has 1 aromatic carbocycles. The number of hydrogen-bond donors (Lipinski definition) is 1. The summed E-state index contributed by atoms with van der Waals surface area (Å²) in [4.78, 5) is 39.1. The zero-order valence-electron chi connectivity index (χ0n) is 20.6. The number of likely N-dealkylation sites (N-methyl/N-ethyl adjacent to an activating group) is 2. The Morgan fingerprint density at radius 2 is 1.86 bits per heavy atom. The third kappa shape index (κ3) is 4.63. The van der Waals surface area contributed by atoms with Gasteiger partial charge in [-0.3, -0.25) is 14.0 Å². The van der Waals surface area contributed by atoms with Crippen LogP contribution < -0.4 is 15.6 Å². The fraction of sp³-hybridized carbons (Fsp3) is 0.423. The van der Waals surface area contributed by atoms with Gasteiger partial charge in [0.1, 0.15) is 16.2 Å². The lowest BCUT2D eigenvalue weighted by Crippen LogP contribution is -2.36. The average Bonchev–Trinajstić information content (AvgIpc) is 3.50. The number of nitrogens with one attached hydrogen (secondary N) is 1. The van der Waals surface area contributed by atoms with E-state index in [1.807, 2.05) is 61.9 Å². The highest BCUT2D eigenvalue weighted by molar-refractivity contribution is 7.24. The van der Waals surface area contributed by atoms with Gasteiger partial charge in [0.15, 0.2) is 5.65 Å². The topological polar surface area (TPSA) is 73.2 Å². The number of thiazole rings is 1. The van der Waals surface area contributed by atoms with Crippen molar-refractivity contribution in [3.05, 3.63) is 52.2 Å². The maximum atomic E-state index is 13.6. The summed E-state index contributed by atoms with van der Waals surface area (Å²) in [6.45, 7) is 5.19. The second kappa shape index (κ2) is 9.93. The molecule has 0 spiro atoms. The van der Waals surface area contributed by atoms with Crippen LogP contribution in [0.15, 0.2) is 41.2 Å². The summed E-state index contributed by atoms with van der Waals surface area (Å²) in [5.41, 5.74) is 1.48. The SMILES string of the molecule is CN(C)CCN(C)c1ccc2c(=O)c(C(=O)NCCN3CCCC3)c3sc4ccccc4n3c2n1. The van der Waals surface area contributed by atoms with Gasteiger partial charge in [0.05, 0.1) is 15.6 Å². The predicted molar refractivity (Wildman–Crippen MR) is 144 cm³/mol. The number of carbonyl (C=O) groups excluding carboxylic acids is 1. The molecule has 184 valence electrons. The third-order valence-electron chi connectivity index (χ3n) is 6.69. The van der Waals surface area contributed by atoms with E-state index in [0.717, 1.165) is 48.8 Å². The first-order valence-corrected chi connectivity index (χ1v) is 13.0. The molecule has 3 aromatic heterocycles. The van der Waals surface area contributed by atoms with Gasteiger partial charge in [-0.05, 0) is 64.3 Å². The van der Waals surface area contributed by atoms with Gasteiger partial charge in [0.2, 0.25) is 5.43 Å². The molecule has 0 bridgehead atoms. The van der Waals surface area contributed by atoms with Crippen LogP contribution in [0.5, 0.6) is 0 Å². The maximum Gasteiger partial charge on any atom is 0.258 e. The molecule has 0 atom stereocenters. The van der Waals surface area contributed by atoms with E-state index in [4.69, 9.17) is 4.98 Å². The molecular formula is C26H32N6O2S. The highest BCUT2D eigenvalue weighted by atomic mass is 32.1. The molecular weight excluding hydrogens is 460 g/mol. The van der Waals surface area contributed by atoms with E-state index in [1.165, 1.54) is 24.2 Å². The molecule has 5 rings (SSSR count). The molecule has 1 fully saturated rings. The molecule has 1 amide bonds. The number of amides is 1. The van der Waals surface area contributed by atoms with Crippen molar-refractivity contribution in [2.45, 2.75) is 12.8 Å². The Morgan fingerprint density at radius 1 is 1.09 bits per heavy atom. The average molecular weight is 493 g/mol. The number of anilines is 1. The Morgan fingerprint density at radius 3 is 2.63 bits per heavy atom. The quantitative estimate of drug-likeness (QED) is 0.408. The number of pyridine rings is 2. The molecule has 0 aliphatic carbocycles. The summed E-state index contributed by atoms with van der Waals surface area (Å²) in [5, 5.41) is 3.46. The first-order chi connectivity index (χ1) is 16.9. The monoisotopic (exact) mass is 492 g/mol. The molecule has 35 heavy (non-hydrogen) atoms. The summed E-state index contributed by atoms with van der Waals surface area (Å²) in [5.74, 6) is 0.484. The molecule has 4 heterocycles. The lowest BCUT2D eigenvalue weighted by atomic mass is 10.1. The number of fused-ring (bicyclic) bond motifs is 5. The van der Waals surface area contributed by atoms with Crippen LogP contribution in [0.1, 0.15) is 23.2 Å². The normalized spacial score (nSPS) is 14.5. The van der Waals surface area contributed by atoms with E-state index in [0.29, 0.717) is 22.4 Å². The smallest absolute Gasteiger partial charge is 0.258 e. The number of aromatic nitrogens is 2. The van der Waals surface area contributed by atoms with Crippen LogP contribution in [-0.4, -0.2) is 85.5 Å². The van der Waals surface area contributed by atoms with E-state index in [2.05, 4.69) is 20.0 Å². The van der Waals surface area contributed by atoms with Gasteiger partial charge >= 0.3 is 0 Å². The molecule has 4 aromatic rings. The minimum Gasteiger partial charge on any atom is -0.358 e.